The van der Waals surface area contributed by atoms with Gasteiger partial charge < -0.3 is 4.90 Å². The van der Waals surface area contributed by atoms with Gasteiger partial charge in [0.2, 0.25) is 0 Å². The van der Waals surface area contributed by atoms with Gasteiger partial charge in [-0.2, -0.15) is 0 Å². The van der Waals surface area contributed by atoms with Gasteiger partial charge in [0.1, 0.15) is 5.82 Å². The predicted molar refractivity (Wildman–Crippen MR) is 103 cm³/mol. The second-order valence-corrected chi connectivity index (χ2v) is 7.48. The Morgan fingerprint density at radius 2 is 1.67 bits per heavy atom. The number of piperidine rings is 1. The fraction of sp³-hybridized carbons (Fsp3) is 0.300. The van der Waals surface area contributed by atoms with Crippen LogP contribution < -0.4 is 4.90 Å². The summed E-state index contributed by atoms with van der Waals surface area (Å²) in [6.07, 6.45) is 2.46. The van der Waals surface area contributed by atoms with Crippen molar-refractivity contribution in [2.45, 2.75) is 19.8 Å². The van der Waals surface area contributed by atoms with Gasteiger partial charge in [0, 0.05) is 28.5 Å². The molecule has 3 nitrogen and oxygen atoms in total. The number of hydrogen-bond donors (Lipinski definition) is 0. The molecule has 122 valence electrons. The molecular formula is C20H20BrN3. The summed E-state index contributed by atoms with van der Waals surface area (Å²) in [6, 6.07) is 16.5. The number of nitrogens with zero attached hydrogens (tertiary/aromatic N) is 3. The third-order valence-electron chi connectivity index (χ3n) is 4.77. The Balaban J connectivity index is 1.83. The summed E-state index contributed by atoms with van der Waals surface area (Å²) >= 11 is 3.49. The van der Waals surface area contributed by atoms with E-state index in [1.807, 2.05) is 18.2 Å². The second kappa shape index (κ2) is 6.52. The molecule has 2 aromatic carbocycles. The largest absolute Gasteiger partial charge is 0.356 e. The molecule has 0 saturated carbocycles. The molecule has 0 aliphatic carbocycles. The summed E-state index contributed by atoms with van der Waals surface area (Å²) in [7, 11) is 0. The summed E-state index contributed by atoms with van der Waals surface area (Å²) in [5.41, 5.74) is 2.06. The molecule has 2 heterocycles. The number of hydrogen-bond acceptors (Lipinski definition) is 3. The van der Waals surface area contributed by atoms with Gasteiger partial charge in [-0.3, -0.25) is 0 Å². The van der Waals surface area contributed by atoms with Crippen molar-refractivity contribution < 1.29 is 0 Å². The molecule has 1 aromatic heterocycles. The Kier molecular flexibility index (Phi) is 4.23. The van der Waals surface area contributed by atoms with Gasteiger partial charge >= 0.3 is 0 Å². The number of para-hydroxylation sites is 1. The van der Waals surface area contributed by atoms with Crippen molar-refractivity contribution in [3.05, 3.63) is 53.0 Å². The van der Waals surface area contributed by atoms with Crippen molar-refractivity contribution in [3.63, 3.8) is 0 Å². The molecule has 4 heteroatoms. The quantitative estimate of drug-likeness (QED) is 0.603. The maximum Gasteiger partial charge on any atom is 0.162 e. The molecule has 1 fully saturated rings. The Morgan fingerprint density at radius 3 is 2.42 bits per heavy atom. The van der Waals surface area contributed by atoms with Gasteiger partial charge in [-0.25, -0.2) is 9.97 Å². The van der Waals surface area contributed by atoms with Crippen LogP contribution in [0.5, 0.6) is 0 Å². The van der Waals surface area contributed by atoms with Gasteiger partial charge in [0.05, 0.1) is 5.52 Å². The maximum absolute atomic E-state index is 4.95. The van der Waals surface area contributed by atoms with Crippen LogP contribution in [0, 0.1) is 5.92 Å². The smallest absolute Gasteiger partial charge is 0.162 e. The average Bonchev–Trinajstić information content (AvgIpc) is 2.62. The first-order valence-electron chi connectivity index (χ1n) is 8.48. The van der Waals surface area contributed by atoms with E-state index in [9.17, 15) is 0 Å². The standard InChI is InChI=1S/C20H20BrN3/c1-14-10-12-24(13-11-14)20-17-4-2-3-5-18(17)22-19(23-20)15-6-8-16(21)9-7-15/h2-9,14H,10-13H2,1H3. The SMILES string of the molecule is CC1CCN(c2nc(-c3ccc(Br)cc3)nc3ccccc23)CC1. The third kappa shape index (κ3) is 3.03. The van der Waals surface area contributed by atoms with E-state index in [0.29, 0.717) is 0 Å². The lowest BCUT2D eigenvalue weighted by molar-refractivity contribution is 0.437. The van der Waals surface area contributed by atoms with Crippen molar-refractivity contribution in [2.75, 3.05) is 18.0 Å². The molecule has 1 aliphatic rings. The van der Waals surface area contributed by atoms with E-state index in [1.165, 1.54) is 12.8 Å². The first-order valence-corrected chi connectivity index (χ1v) is 9.28. The van der Waals surface area contributed by atoms with E-state index in [4.69, 9.17) is 9.97 Å². The van der Waals surface area contributed by atoms with E-state index in [2.05, 4.69) is 58.1 Å². The topological polar surface area (TPSA) is 29.0 Å². The normalized spacial score (nSPS) is 15.8. The maximum atomic E-state index is 4.95. The van der Waals surface area contributed by atoms with Crippen LogP contribution in [0.2, 0.25) is 0 Å². The van der Waals surface area contributed by atoms with Crippen LogP contribution >= 0.6 is 15.9 Å². The van der Waals surface area contributed by atoms with Crippen LogP contribution in [-0.4, -0.2) is 23.1 Å². The Hall–Kier alpha value is -1.94. The van der Waals surface area contributed by atoms with Crippen molar-refractivity contribution in [3.8, 4) is 11.4 Å². The second-order valence-electron chi connectivity index (χ2n) is 6.56. The van der Waals surface area contributed by atoms with Crippen LogP contribution in [0.25, 0.3) is 22.3 Å². The number of halogens is 1. The van der Waals surface area contributed by atoms with Crippen molar-refractivity contribution in [2.24, 2.45) is 5.92 Å². The van der Waals surface area contributed by atoms with E-state index in [-0.39, 0.29) is 0 Å². The minimum atomic E-state index is 0.801. The number of rotatable bonds is 2. The van der Waals surface area contributed by atoms with E-state index in [0.717, 1.165) is 51.6 Å². The molecule has 4 rings (SSSR count). The predicted octanol–water partition coefficient (Wildman–Crippen LogP) is 5.30. The summed E-state index contributed by atoms with van der Waals surface area (Å²) in [4.78, 5) is 12.2. The molecule has 0 unspecified atom stereocenters. The van der Waals surface area contributed by atoms with Gasteiger partial charge in [-0.15, -0.1) is 0 Å². The molecule has 0 amide bonds. The van der Waals surface area contributed by atoms with E-state index in [1.54, 1.807) is 0 Å². The molecule has 0 radical (unpaired) electrons. The highest BCUT2D eigenvalue weighted by Gasteiger charge is 2.20. The van der Waals surface area contributed by atoms with Gasteiger partial charge in [0.25, 0.3) is 0 Å². The summed E-state index contributed by atoms with van der Waals surface area (Å²) in [5, 5.41) is 1.15. The lowest BCUT2D eigenvalue weighted by Gasteiger charge is -2.32. The third-order valence-corrected chi connectivity index (χ3v) is 5.30. The number of anilines is 1. The molecule has 0 spiro atoms. The highest BCUT2D eigenvalue weighted by atomic mass is 79.9. The monoisotopic (exact) mass is 381 g/mol. The molecule has 24 heavy (non-hydrogen) atoms. The van der Waals surface area contributed by atoms with Gasteiger partial charge in [-0.1, -0.05) is 47.1 Å². The van der Waals surface area contributed by atoms with Crippen molar-refractivity contribution in [1.29, 1.82) is 0 Å². The Morgan fingerprint density at radius 1 is 0.958 bits per heavy atom. The zero-order valence-electron chi connectivity index (χ0n) is 13.7. The highest BCUT2D eigenvalue weighted by molar-refractivity contribution is 9.10. The Bertz CT molecular complexity index is 852. The minimum absolute atomic E-state index is 0.801. The molecular weight excluding hydrogens is 362 g/mol. The zero-order chi connectivity index (χ0) is 16.5. The van der Waals surface area contributed by atoms with Crippen LogP contribution in [0.1, 0.15) is 19.8 Å². The van der Waals surface area contributed by atoms with E-state index < -0.39 is 0 Å². The van der Waals surface area contributed by atoms with E-state index >= 15 is 0 Å². The number of fused-ring (bicyclic) bond motifs is 1. The van der Waals surface area contributed by atoms with Gasteiger partial charge in [-0.05, 0) is 43.0 Å². The highest BCUT2D eigenvalue weighted by Crippen LogP contribution is 2.30. The molecule has 1 saturated heterocycles. The molecule has 1 aliphatic heterocycles. The van der Waals surface area contributed by atoms with Crippen LogP contribution in [0.4, 0.5) is 5.82 Å². The molecule has 0 bridgehead atoms. The minimum Gasteiger partial charge on any atom is -0.356 e. The van der Waals surface area contributed by atoms with Crippen LogP contribution in [0.3, 0.4) is 0 Å². The lowest BCUT2D eigenvalue weighted by atomic mass is 9.99. The first-order chi connectivity index (χ1) is 11.7. The molecule has 0 N–H and O–H groups in total. The fourth-order valence-electron chi connectivity index (χ4n) is 3.25. The average molecular weight is 382 g/mol. The summed E-state index contributed by atoms with van der Waals surface area (Å²) in [6.45, 7) is 4.48. The van der Waals surface area contributed by atoms with Crippen molar-refractivity contribution in [1.82, 2.24) is 9.97 Å². The summed E-state index contributed by atoms with van der Waals surface area (Å²) in [5.74, 6) is 2.68. The Labute approximate surface area is 150 Å². The van der Waals surface area contributed by atoms with Gasteiger partial charge in [0.15, 0.2) is 5.82 Å². The van der Waals surface area contributed by atoms with Crippen molar-refractivity contribution >= 4 is 32.7 Å². The lowest BCUT2D eigenvalue weighted by Crippen LogP contribution is -2.33. The first kappa shape index (κ1) is 15.6. The summed E-state index contributed by atoms with van der Waals surface area (Å²) < 4.78 is 1.07. The molecule has 3 aromatic rings. The zero-order valence-corrected chi connectivity index (χ0v) is 15.3. The number of benzene rings is 2. The molecule has 0 atom stereocenters. The fourth-order valence-corrected chi connectivity index (χ4v) is 3.51. The van der Waals surface area contributed by atoms with Crippen LogP contribution in [0.15, 0.2) is 53.0 Å². The van der Waals surface area contributed by atoms with Crippen LogP contribution in [-0.2, 0) is 0 Å². The number of aromatic nitrogens is 2.